The average Bonchev–Trinajstić information content (AvgIpc) is 3.30. The zero-order valence-corrected chi connectivity index (χ0v) is 14.8. The second-order valence-electron chi connectivity index (χ2n) is 7.13. The minimum absolute atomic E-state index is 0.0884. The molecule has 0 saturated carbocycles. The smallest absolute Gasteiger partial charge is 0.257 e. The van der Waals surface area contributed by atoms with Gasteiger partial charge in [0.1, 0.15) is 22.8 Å². The summed E-state index contributed by atoms with van der Waals surface area (Å²) in [5.74, 6) is 1.44. The molecule has 2 aromatic heterocycles. The summed E-state index contributed by atoms with van der Waals surface area (Å²) >= 11 is 0. The summed E-state index contributed by atoms with van der Waals surface area (Å²) < 4.78 is 10.6. The normalized spacial score (nSPS) is 20.6. The second-order valence-corrected chi connectivity index (χ2v) is 7.13. The zero-order valence-electron chi connectivity index (χ0n) is 14.8. The average molecular weight is 344 g/mol. The molecule has 0 spiro atoms. The van der Waals surface area contributed by atoms with Gasteiger partial charge in [-0.05, 0) is 52.6 Å². The van der Waals surface area contributed by atoms with Crippen LogP contribution < -0.4 is 5.32 Å². The minimum Gasteiger partial charge on any atom is -0.361 e. The first kappa shape index (κ1) is 16.3. The molecule has 2 aromatic rings. The van der Waals surface area contributed by atoms with E-state index in [1.54, 1.807) is 13.8 Å². The monoisotopic (exact) mass is 344 g/mol. The molecule has 0 bridgehead atoms. The Labute approximate surface area is 146 Å². The van der Waals surface area contributed by atoms with Crippen molar-refractivity contribution in [3.05, 3.63) is 34.0 Å². The van der Waals surface area contributed by atoms with Crippen LogP contribution in [0.5, 0.6) is 0 Å². The molecule has 1 fully saturated rings. The number of aromatic nitrogens is 2. The predicted molar refractivity (Wildman–Crippen MR) is 90.3 cm³/mol. The molecule has 7 nitrogen and oxygen atoms in total. The van der Waals surface area contributed by atoms with Gasteiger partial charge in [-0.25, -0.2) is 0 Å². The van der Waals surface area contributed by atoms with Gasteiger partial charge in [-0.1, -0.05) is 10.3 Å². The van der Waals surface area contributed by atoms with Crippen molar-refractivity contribution in [2.75, 3.05) is 13.1 Å². The summed E-state index contributed by atoms with van der Waals surface area (Å²) in [6.45, 7) is 6.67. The fourth-order valence-electron chi connectivity index (χ4n) is 3.93. The molecule has 1 amide bonds. The Morgan fingerprint density at radius 3 is 2.76 bits per heavy atom. The SMILES string of the molecule is Cc1noc(C)c1C(=O)NC1CCc2onc(CN3CCCC3)c2C1. The number of hydrogen-bond donors (Lipinski definition) is 1. The van der Waals surface area contributed by atoms with Gasteiger partial charge >= 0.3 is 0 Å². The fourth-order valence-corrected chi connectivity index (χ4v) is 3.93. The number of fused-ring (bicyclic) bond motifs is 1. The van der Waals surface area contributed by atoms with Crippen molar-refractivity contribution in [2.24, 2.45) is 0 Å². The van der Waals surface area contributed by atoms with E-state index in [2.05, 4.69) is 20.5 Å². The molecule has 1 saturated heterocycles. The Morgan fingerprint density at radius 2 is 2.04 bits per heavy atom. The van der Waals surface area contributed by atoms with Gasteiger partial charge in [0.25, 0.3) is 5.91 Å². The van der Waals surface area contributed by atoms with Crippen LogP contribution in [0.2, 0.25) is 0 Å². The van der Waals surface area contributed by atoms with E-state index in [-0.39, 0.29) is 11.9 Å². The van der Waals surface area contributed by atoms with Crippen molar-refractivity contribution in [1.82, 2.24) is 20.5 Å². The number of nitrogens with zero attached hydrogens (tertiary/aromatic N) is 3. The molecular formula is C18H24N4O3. The first-order valence-corrected chi connectivity index (χ1v) is 9.04. The molecule has 0 aromatic carbocycles. The molecular weight excluding hydrogens is 320 g/mol. The van der Waals surface area contributed by atoms with Gasteiger partial charge in [-0.15, -0.1) is 0 Å². The van der Waals surface area contributed by atoms with Crippen LogP contribution in [0.25, 0.3) is 0 Å². The maximum Gasteiger partial charge on any atom is 0.257 e. The number of hydrogen-bond acceptors (Lipinski definition) is 6. The molecule has 1 aliphatic heterocycles. The van der Waals surface area contributed by atoms with E-state index >= 15 is 0 Å². The van der Waals surface area contributed by atoms with E-state index in [1.807, 2.05) is 0 Å². The molecule has 2 aliphatic rings. The zero-order chi connectivity index (χ0) is 17.4. The Kier molecular flexibility index (Phi) is 4.33. The van der Waals surface area contributed by atoms with Crippen LogP contribution in [0.4, 0.5) is 0 Å². The topological polar surface area (TPSA) is 84.4 Å². The highest BCUT2D eigenvalue weighted by Gasteiger charge is 2.29. The van der Waals surface area contributed by atoms with Crippen LogP contribution in [0, 0.1) is 13.8 Å². The van der Waals surface area contributed by atoms with Gasteiger partial charge in [0.05, 0.1) is 5.69 Å². The molecule has 25 heavy (non-hydrogen) atoms. The molecule has 1 unspecified atom stereocenters. The molecule has 1 atom stereocenters. The summed E-state index contributed by atoms with van der Waals surface area (Å²) in [5, 5.41) is 11.3. The molecule has 1 N–H and O–H groups in total. The second kappa shape index (κ2) is 6.63. The van der Waals surface area contributed by atoms with Crippen molar-refractivity contribution in [2.45, 2.75) is 58.5 Å². The van der Waals surface area contributed by atoms with Crippen molar-refractivity contribution >= 4 is 5.91 Å². The Morgan fingerprint density at radius 1 is 1.24 bits per heavy atom. The highest BCUT2D eigenvalue weighted by atomic mass is 16.5. The van der Waals surface area contributed by atoms with Crippen LogP contribution in [0.1, 0.15) is 58.1 Å². The number of rotatable bonds is 4. The van der Waals surface area contributed by atoms with E-state index in [0.29, 0.717) is 17.0 Å². The quantitative estimate of drug-likeness (QED) is 0.915. The van der Waals surface area contributed by atoms with Gasteiger partial charge in [-0.3, -0.25) is 9.69 Å². The molecule has 1 aliphatic carbocycles. The van der Waals surface area contributed by atoms with Crippen LogP contribution >= 0.6 is 0 Å². The van der Waals surface area contributed by atoms with Crippen LogP contribution in [0.15, 0.2) is 9.05 Å². The number of carbonyl (C=O) groups excluding carboxylic acids is 1. The molecule has 0 radical (unpaired) electrons. The fraction of sp³-hybridized carbons (Fsp3) is 0.611. The lowest BCUT2D eigenvalue weighted by molar-refractivity contribution is 0.0930. The van der Waals surface area contributed by atoms with E-state index < -0.39 is 0 Å². The third-order valence-corrected chi connectivity index (χ3v) is 5.29. The maximum absolute atomic E-state index is 12.6. The first-order valence-electron chi connectivity index (χ1n) is 9.04. The molecule has 3 heterocycles. The number of likely N-dealkylation sites (tertiary alicyclic amines) is 1. The highest BCUT2D eigenvalue weighted by Crippen LogP contribution is 2.27. The Balaban J connectivity index is 1.45. The predicted octanol–water partition coefficient (Wildman–Crippen LogP) is 2.16. The minimum atomic E-state index is -0.109. The lowest BCUT2D eigenvalue weighted by atomic mass is 9.91. The molecule has 134 valence electrons. The Bertz CT molecular complexity index is 754. The summed E-state index contributed by atoms with van der Waals surface area (Å²) in [4.78, 5) is 15.0. The Hall–Kier alpha value is -2.15. The third kappa shape index (κ3) is 3.20. The molecule has 4 rings (SSSR count). The number of aryl methyl sites for hydroxylation is 3. The van der Waals surface area contributed by atoms with Crippen molar-refractivity contribution < 1.29 is 13.8 Å². The standard InChI is InChI=1S/C18H24N4O3/c1-11-17(12(2)24-20-11)18(23)19-13-5-6-16-14(9-13)15(21-25-16)10-22-7-3-4-8-22/h13H,3-10H2,1-2H3,(H,19,23). The van der Waals surface area contributed by atoms with E-state index in [0.717, 1.165) is 50.4 Å². The van der Waals surface area contributed by atoms with E-state index in [4.69, 9.17) is 9.05 Å². The number of nitrogens with one attached hydrogen (secondary N) is 1. The third-order valence-electron chi connectivity index (χ3n) is 5.29. The van der Waals surface area contributed by atoms with Gasteiger partial charge in [-0.2, -0.15) is 0 Å². The van der Waals surface area contributed by atoms with Crippen LogP contribution in [-0.2, 0) is 19.4 Å². The summed E-state index contributed by atoms with van der Waals surface area (Å²) in [7, 11) is 0. The maximum atomic E-state index is 12.6. The lowest BCUT2D eigenvalue weighted by Crippen LogP contribution is -2.39. The summed E-state index contributed by atoms with van der Waals surface area (Å²) in [6, 6.07) is 0.0884. The van der Waals surface area contributed by atoms with Crippen molar-refractivity contribution in [3.8, 4) is 0 Å². The van der Waals surface area contributed by atoms with Gasteiger partial charge in [0.2, 0.25) is 0 Å². The van der Waals surface area contributed by atoms with Gasteiger partial charge < -0.3 is 14.4 Å². The van der Waals surface area contributed by atoms with E-state index in [9.17, 15) is 4.79 Å². The largest absolute Gasteiger partial charge is 0.361 e. The van der Waals surface area contributed by atoms with Crippen LogP contribution in [-0.4, -0.2) is 40.3 Å². The number of amides is 1. The molecule has 7 heteroatoms. The highest BCUT2D eigenvalue weighted by molar-refractivity contribution is 5.96. The van der Waals surface area contributed by atoms with E-state index in [1.165, 1.54) is 18.4 Å². The van der Waals surface area contributed by atoms with Gasteiger partial charge in [0.15, 0.2) is 0 Å². The summed E-state index contributed by atoms with van der Waals surface area (Å²) in [6.07, 6.45) is 4.97. The summed E-state index contributed by atoms with van der Waals surface area (Å²) in [5.41, 5.74) is 3.40. The number of carbonyl (C=O) groups is 1. The lowest BCUT2D eigenvalue weighted by Gasteiger charge is -2.23. The van der Waals surface area contributed by atoms with Crippen molar-refractivity contribution in [1.29, 1.82) is 0 Å². The van der Waals surface area contributed by atoms with Crippen LogP contribution in [0.3, 0.4) is 0 Å². The first-order chi connectivity index (χ1) is 12.1. The van der Waals surface area contributed by atoms with Crippen molar-refractivity contribution in [3.63, 3.8) is 0 Å². The van der Waals surface area contributed by atoms with Gasteiger partial charge in [0, 0.05) is 24.6 Å².